The summed E-state index contributed by atoms with van der Waals surface area (Å²) < 4.78 is 1.03. The van der Waals surface area contributed by atoms with Crippen molar-refractivity contribution in [2.24, 2.45) is 0 Å². The molecule has 1 aromatic heterocycles. The lowest BCUT2D eigenvalue weighted by Gasteiger charge is -2.39. The smallest absolute Gasteiger partial charge is 0.100 e. The van der Waals surface area contributed by atoms with Gasteiger partial charge in [-0.2, -0.15) is 0 Å². The molecule has 0 aliphatic carbocycles. The third-order valence-corrected chi connectivity index (χ3v) is 7.83. The van der Waals surface area contributed by atoms with E-state index in [1.165, 1.54) is 5.56 Å². The van der Waals surface area contributed by atoms with Crippen molar-refractivity contribution < 1.29 is 5.11 Å². The number of aromatic nitrogens is 1. The summed E-state index contributed by atoms with van der Waals surface area (Å²) in [5, 5.41) is 14.6. The molecule has 4 aromatic rings. The number of benzene rings is 3. The molecule has 0 aliphatic heterocycles. The lowest BCUT2D eigenvalue weighted by molar-refractivity contribution is 0.000696. The van der Waals surface area contributed by atoms with Gasteiger partial charge in [-0.3, -0.25) is 0 Å². The number of thioether (sulfide) groups is 1. The van der Waals surface area contributed by atoms with E-state index in [9.17, 15) is 5.11 Å². The van der Waals surface area contributed by atoms with Gasteiger partial charge in [0.05, 0.1) is 11.1 Å². The van der Waals surface area contributed by atoms with Crippen molar-refractivity contribution in [3.8, 4) is 0 Å². The standard InChI is InChI=1S/C30H33BrN2OS/c1-33(2)19-18-30(34,17-16-22-10-6-4-7-11-22)28(23-12-8-5-9-13-23)26-21-24-20-25(31)14-15-27(24)32-29(26)35-3/h4-15,20-21,28,34H,16-19H2,1-3H3. The molecule has 0 radical (unpaired) electrons. The summed E-state index contributed by atoms with van der Waals surface area (Å²) in [6, 6.07) is 29.3. The number of aliphatic hydroxyl groups is 1. The van der Waals surface area contributed by atoms with Crippen LogP contribution in [0.5, 0.6) is 0 Å². The number of hydrogen-bond acceptors (Lipinski definition) is 4. The summed E-state index contributed by atoms with van der Waals surface area (Å²) in [6.45, 7) is 0.801. The van der Waals surface area contributed by atoms with Gasteiger partial charge in [-0.05, 0) is 80.6 Å². The van der Waals surface area contributed by atoms with Crippen molar-refractivity contribution in [2.75, 3.05) is 26.9 Å². The van der Waals surface area contributed by atoms with E-state index < -0.39 is 5.60 Å². The van der Waals surface area contributed by atoms with Crippen LogP contribution in [-0.2, 0) is 6.42 Å². The summed E-state index contributed by atoms with van der Waals surface area (Å²) in [6.07, 6.45) is 4.21. The fraction of sp³-hybridized carbons (Fsp3) is 0.300. The molecule has 3 nitrogen and oxygen atoms in total. The van der Waals surface area contributed by atoms with Gasteiger partial charge in [-0.25, -0.2) is 4.98 Å². The highest BCUT2D eigenvalue weighted by atomic mass is 79.9. The van der Waals surface area contributed by atoms with E-state index in [-0.39, 0.29) is 5.92 Å². The molecule has 2 unspecified atom stereocenters. The van der Waals surface area contributed by atoms with Crippen molar-refractivity contribution in [1.29, 1.82) is 0 Å². The van der Waals surface area contributed by atoms with Crippen LogP contribution >= 0.6 is 27.7 Å². The molecule has 1 heterocycles. The van der Waals surface area contributed by atoms with Crippen molar-refractivity contribution in [2.45, 2.75) is 35.8 Å². The Bertz CT molecular complexity index is 1250. The van der Waals surface area contributed by atoms with Gasteiger partial charge in [0.1, 0.15) is 5.03 Å². The first-order valence-electron chi connectivity index (χ1n) is 12.0. The van der Waals surface area contributed by atoms with E-state index >= 15 is 0 Å². The first-order valence-corrected chi connectivity index (χ1v) is 14.0. The Morgan fingerprint density at radius 3 is 2.29 bits per heavy atom. The van der Waals surface area contributed by atoms with Gasteiger partial charge < -0.3 is 10.0 Å². The molecule has 182 valence electrons. The first kappa shape index (κ1) is 25.9. The van der Waals surface area contributed by atoms with Crippen molar-refractivity contribution in [1.82, 2.24) is 9.88 Å². The Labute approximate surface area is 221 Å². The number of nitrogens with zero attached hydrogens (tertiary/aromatic N) is 2. The predicted molar refractivity (Wildman–Crippen MR) is 152 cm³/mol. The highest BCUT2D eigenvalue weighted by Gasteiger charge is 2.40. The van der Waals surface area contributed by atoms with Gasteiger partial charge in [0, 0.05) is 22.3 Å². The number of hydrogen-bond donors (Lipinski definition) is 1. The van der Waals surface area contributed by atoms with Crippen LogP contribution in [0.4, 0.5) is 0 Å². The zero-order chi connectivity index (χ0) is 24.8. The minimum Gasteiger partial charge on any atom is -0.389 e. The fourth-order valence-electron chi connectivity index (χ4n) is 4.78. The largest absolute Gasteiger partial charge is 0.389 e. The van der Waals surface area contributed by atoms with Crippen LogP contribution in [0.1, 0.15) is 35.4 Å². The molecule has 1 N–H and O–H groups in total. The maximum Gasteiger partial charge on any atom is 0.100 e. The average Bonchev–Trinajstić information content (AvgIpc) is 2.87. The lowest BCUT2D eigenvalue weighted by atomic mass is 9.73. The number of rotatable bonds is 10. The summed E-state index contributed by atoms with van der Waals surface area (Å²) in [7, 11) is 4.13. The highest BCUT2D eigenvalue weighted by molar-refractivity contribution is 9.10. The molecule has 0 amide bonds. The van der Waals surface area contributed by atoms with Gasteiger partial charge in [0.2, 0.25) is 0 Å². The van der Waals surface area contributed by atoms with E-state index in [1.54, 1.807) is 11.8 Å². The van der Waals surface area contributed by atoms with Crippen LogP contribution in [0.15, 0.2) is 94.4 Å². The molecule has 0 aliphatic rings. The predicted octanol–water partition coefficient (Wildman–Crippen LogP) is 7.17. The molecule has 2 atom stereocenters. The Morgan fingerprint density at radius 1 is 0.943 bits per heavy atom. The molecule has 0 fully saturated rings. The minimum atomic E-state index is -0.951. The Kier molecular flexibility index (Phi) is 8.66. The van der Waals surface area contributed by atoms with Crippen LogP contribution in [-0.4, -0.2) is 47.5 Å². The molecule has 0 saturated carbocycles. The first-order chi connectivity index (χ1) is 16.9. The number of pyridine rings is 1. The highest BCUT2D eigenvalue weighted by Crippen LogP contribution is 2.44. The molecule has 0 bridgehead atoms. The van der Waals surface area contributed by atoms with Gasteiger partial charge >= 0.3 is 0 Å². The number of fused-ring (bicyclic) bond motifs is 1. The summed E-state index contributed by atoms with van der Waals surface area (Å²) in [5.74, 6) is -0.203. The molecule has 5 heteroatoms. The monoisotopic (exact) mass is 548 g/mol. The van der Waals surface area contributed by atoms with Gasteiger partial charge in [-0.1, -0.05) is 76.6 Å². The Balaban J connectivity index is 1.87. The third-order valence-electron chi connectivity index (χ3n) is 6.63. The maximum atomic E-state index is 12.6. The quantitative estimate of drug-likeness (QED) is 0.213. The lowest BCUT2D eigenvalue weighted by Crippen LogP contribution is -2.40. The third kappa shape index (κ3) is 6.34. The normalized spacial score (nSPS) is 14.2. The van der Waals surface area contributed by atoms with E-state index in [0.29, 0.717) is 12.8 Å². The molecule has 35 heavy (non-hydrogen) atoms. The Hall–Kier alpha value is -2.18. The molecule has 3 aromatic carbocycles. The van der Waals surface area contributed by atoms with Crippen LogP contribution < -0.4 is 0 Å². The van der Waals surface area contributed by atoms with Crippen molar-refractivity contribution >= 4 is 38.6 Å². The second-order valence-corrected chi connectivity index (χ2v) is 11.1. The number of aryl methyl sites for hydroxylation is 1. The van der Waals surface area contributed by atoms with E-state index in [4.69, 9.17) is 4.98 Å². The van der Waals surface area contributed by atoms with Crippen LogP contribution in [0, 0.1) is 0 Å². The van der Waals surface area contributed by atoms with Crippen LogP contribution in [0.25, 0.3) is 10.9 Å². The van der Waals surface area contributed by atoms with Crippen LogP contribution in [0.3, 0.4) is 0 Å². The average molecular weight is 550 g/mol. The number of halogens is 1. The molecule has 0 spiro atoms. The molecular formula is C30H33BrN2OS. The summed E-state index contributed by atoms with van der Waals surface area (Å²) in [5.41, 5.74) is 3.46. The SMILES string of the molecule is CSc1nc2ccc(Br)cc2cc1C(c1ccccc1)C(O)(CCc1ccccc1)CCN(C)C. The maximum absolute atomic E-state index is 12.6. The molecule has 4 rings (SSSR count). The topological polar surface area (TPSA) is 36.4 Å². The molecule has 0 saturated heterocycles. The Morgan fingerprint density at radius 2 is 1.63 bits per heavy atom. The zero-order valence-electron chi connectivity index (χ0n) is 20.6. The minimum absolute atomic E-state index is 0.203. The molecular weight excluding hydrogens is 516 g/mol. The van der Waals surface area contributed by atoms with Crippen LogP contribution in [0.2, 0.25) is 0 Å². The van der Waals surface area contributed by atoms with Crippen molar-refractivity contribution in [3.63, 3.8) is 0 Å². The second kappa shape index (κ2) is 11.7. The zero-order valence-corrected chi connectivity index (χ0v) is 23.0. The summed E-state index contributed by atoms with van der Waals surface area (Å²) >= 11 is 5.27. The van der Waals surface area contributed by atoms with E-state index in [2.05, 4.69) is 102 Å². The van der Waals surface area contributed by atoms with E-state index in [1.807, 2.05) is 24.3 Å². The second-order valence-electron chi connectivity index (χ2n) is 9.41. The summed E-state index contributed by atoms with van der Waals surface area (Å²) in [4.78, 5) is 7.18. The van der Waals surface area contributed by atoms with Gasteiger partial charge in [0.15, 0.2) is 0 Å². The van der Waals surface area contributed by atoms with Gasteiger partial charge in [0.25, 0.3) is 0 Å². The fourth-order valence-corrected chi connectivity index (χ4v) is 5.76. The van der Waals surface area contributed by atoms with E-state index in [0.717, 1.165) is 44.5 Å². The van der Waals surface area contributed by atoms with Crippen molar-refractivity contribution in [3.05, 3.63) is 106 Å². The van der Waals surface area contributed by atoms with Gasteiger partial charge in [-0.15, -0.1) is 11.8 Å².